The van der Waals surface area contributed by atoms with Gasteiger partial charge in [0.25, 0.3) is 5.56 Å². The standard InChI is InChI=1S/C16H26N4O3/c1-19-16(21)10-14(11-18-19)20-6-9-23-15(12-20)2-5-17-13-3-7-22-8-4-13/h10-11,13,15,17H,2-9,12H2,1H3/t15-/m1/s1. The Morgan fingerprint density at radius 1 is 1.35 bits per heavy atom. The molecule has 0 radical (unpaired) electrons. The van der Waals surface area contributed by atoms with E-state index < -0.39 is 0 Å². The van der Waals surface area contributed by atoms with E-state index in [1.54, 1.807) is 19.3 Å². The van der Waals surface area contributed by atoms with E-state index in [4.69, 9.17) is 9.47 Å². The van der Waals surface area contributed by atoms with Crippen LogP contribution in [0.15, 0.2) is 17.1 Å². The third-order valence-electron chi connectivity index (χ3n) is 4.58. The van der Waals surface area contributed by atoms with Gasteiger partial charge in [0.2, 0.25) is 0 Å². The van der Waals surface area contributed by atoms with Crippen LogP contribution in [0.25, 0.3) is 0 Å². The summed E-state index contributed by atoms with van der Waals surface area (Å²) in [6.45, 7) is 4.99. The number of morpholine rings is 1. The van der Waals surface area contributed by atoms with Crippen molar-refractivity contribution in [3.8, 4) is 0 Å². The van der Waals surface area contributed by atoms with Crippen LogP contribution in [0.3, 0.4) is 0 Å². The van der Waals surface area contributed by atoms with Gasteiger partial charge in [0.05, 0.1) is 24.6 Å². The molecule has 0 aromatic carbocycles. The average molecular weight is 322 g/mol. The Balaban J connectivity index is 1.47. The molecule has 23 heavy (non-hydrogen) atoms. The Labute approximate surface area is 136 Å². The highest BCUT2D eigenvalue weighted by atomic mass is 16.5. The van der Waals surface area contributed by atoms with E-state index in [-0.39, 0.29) is 11.7 Å². The lowest BCUT2D eigenvalue weighted by molar-refractivity contribution is 0.0330. The van der Waals surface area contributed by atoms with Gasteiger partial charge in [0.15, 0.2) is 0 Å². The summed E-state index contributed by atoms with van der Waals surface area (Å²) in [6.07, 6.45) is 5.11. The zero-order valence-electron chi connectivity index (χ0n) is 13.7. The first-order chi connectivity index (χ1) is 11.2. The smallest absolute Gasteiger partial charge is 0.268 e. The molecule has 0 saturated carbocycles. The third-order valence-corrected chi connectivity index (χ3v) is 4.58. The number of nitrogens with one attached hydrogen (secondary N) is 1. The van der Waals surface area contributed by atoms with E-state index in [0.717, 1.165) is 57.8 Å². The number of hydrogen-bond donors (Lipinski definition) is 1. The molecule has 7 nitrogen and oxygen atoms in total. The van der Waals surface area contributed by atoms with E-state index in [0.29, 0.717) is 12.6 Å². The molecular formula is C16H26N4O3. The summed E-state index contributed by atoms with van der Waals surface area (Å²) in [5.74, 6) is 0. The summed E-state index contributed by atoms with van der Waals surface area (Å²) in [5, 5.41) is 7.70. The van der Waals surface area contributed by atoms with Crippen LogP contribution in [-0.2, 0) is 16.5 Å². The molecular weight excluding hydrogens is 296 g/mol. The number of anilines is 1. The maximum absolute atomic E-state index is 11.7. The Kier molecular flexibility index (Phi) is 5.64. The van der Waals surface area contributed by atoms with Crippen molar-refractivity contribution in [1.29, 1.82) is 0 Å². The number of aryl methyl sites for hydroxylation is 1. The fourth-order valence-corrected chi connectivity index (χ4v) is 3.11. The third kappa shape index (κ3) is 4.53. The molecule has 0 unspecified atom stereocenters. The van der Waals surface area contributed by atoms with E-state index in [2.05, 4.69) is 15.3 Å². The highest BCUT2D eigenvalue weighted by molar-refractivity contribution is 5.43. The molecule has 2 aliphatic rings. The monoisotopic (exact) mass is 322 g/mol. The molecule has 1 N–H and O–H groups in total. The van der Waals surface area contributed by atoms with E-state index in [1.807, 2.05) is 0 Å². The Bertz CT molecular complexity index is 557. The van der Waals surface area contributed by atoms with E-state index >= 15 is 0 Å². The zero-order valence-corrected chi connectivity index (χ0v) is 13.7. The number of aromatic nitrogens is 2. The first kappa shape index (κ1) is 16.4. The summed E-state index contributed by atoms with van der Waals surface area (Å²) >= 11 is 0. The second-order valence-electron chi connectivity index (χ2n) is 6.24. The summed E-state index contributed by atoms with van der Waals surface area (Å²) in [5.41, 5.74) is 0.811. The van der Waals surface area contributed by atoms with Gasteiger partial charge in [0, 0.05) is 45.5 Å². The van der Waals surface area contributed by atoms with Crippen LogP contribution in [0.4, 0.5) is 5.69 Å². The van der Waals surface area contributed by atoms with Crippen molar-refractivity contribution in [2.75, 3.05) is 44.4 Å². The molecule has 7 heteroatoms. The Hall–Kier alpha value is -1.44. The molecule has 1 aromatic rings. The SMILES string of the molecule is Cn1ncc(N2CCO[C@H](CCNC3CCOCC3)C2)cc1=O. The van der Waals surface area contributed by atoms with Gasteiger partial charge in [0.1, 0.15) is 0 Å². The number of rotatable bonds is 5. The van der Waals surface area contributed by atoms with Gasteiger partial charge < -0.3 is 19.7 Å². The normalized spacial score (nSPS) is 23.2. The minimum Gasteiger partial charge on any atom is -0.381 e. The molecule has 2 aliphatic heterocycles. The molecule has 3 heterocycles. The molecule has 1 aromatic heterocycles. The summed E-state index contributed by atoms with van der Waals surface area (Å²) in [4.78, 5) is 13.9. The lowest BCUT2D eigenvalue weighted by atomic mass is 10.1. The fraction of sp³-hybridized carbons (Fsp3) is 0.750. The van der Waals surface area contributed by atoms with Crippen molar-refractivity contribution in [2.45, 2.75) is 31.4 Å². The van der Waals surface area contributed by atoms with Crippen molar-refractivity contribution in [3.63, 3.8) is 0 Å². The van der Waals surface area contributed by atoms with Gasteiger partial charge in [-0.2, -0.15) is 5.10 Å². The second-order valence-corrected chi connectivity index (χ2v) is 6.24. The van der Waals surface area contributed by atoms with Gasteiger partial charge in [-0.15, -0.1) is 0 Å². The number of hydrogen-bond acceptors (Lipinski definition) is 6. The lowest BCUT2D eigenvalue weighted by Crippen LogP contribution is -2.45. The highest BCUT2D eigenvalue weighted by Crippen LogP contribution is 2.16. The minimum absolute atomic E-state index is 0.0771. The van der Waals surface area contributed by atoms with Crippen LogP contribution in [0.1, 0.15) is 19.3 Å². The second kappa shape index (κ2) is 7.90. The molecule has 128 valence electrons. The first-order valence-corrected chi connectivity index (χ1v) is 8.43. The predicted molar refractivity (Wildman–Crippen MR) is 87.9 cm³/mol. The van der Waals surface area contributed by atoms with Crippen LogP contribution in [0.5, 0.6) is 0 Å². The molecule has 0 bridgehead atoms. The van der Waals surface area contributed by atoms with Crippen molar-refractivity contribution < 1.29 is 9.47 Å². The van der Waals surface area contributed by atoms with Gasteiger partial charge >= 0.3 is 0 Å². The van der Waals surface area contributed by atoms with Gasteiger partial charge in [-0.1, -0.05) is 0 Å². The van der Waals surface area contributed by atoms with Crippen LogP contribution >= 0.6 is 0 Å². The average Bonchev–Trinajstić information content (AvgIpc) is 2.59. The lowest BCUT2D eigenvalue weighted by Gasteiger charge is -2.34. The Morgan fingerprint density at radius 2 is 2.17 bits per heavy atom. The van der Waals surface area contributed by atoms with Crippen molar-refractivity contribution >= 4 is 5.69 Å². The summed E-state index contributed by atoms with van der Waals surface area (Å²) < 4.78 is 12.6. The number of ether oxygens (including phenoxy) is 2. The van der Waals surface area contributed by atoms with Gasteiger partial charge in [-0.25, -0.2) is 4.68 Å². The van der Waals surface area contributed by atoms with E-state index in [1.165, 1.54) is 4.68 Å². The van der Waals surface area contributed by atoms with Crippen LogP contribution in [0, 0.1) is 0 Å². The largest absolute Gasteiger partial charge is 0.381 e. The Morgan fingerprint density at radius 3 is 2.96 bits per heavy atom. The highest BCUT2D eigenvalue weighted by Gasteiger charge is 2.22. The summed E-state index contributed by atoms with van der Waals surface area (Å²) in [6, 6.07) is 2.22. The molecule has 2 saturated heterocycles. The molecule has 0 aliphatic carbocycles. The summed E-state index contributed by atoms with van der Waals surface area (Å²) in [7, 11) is 1.66. The van der Waals surface area contributed by atoms with Crippen LogP contribution < -0.4 is 15.8 Å². The molecule has 2 fully saturated rings. The fourth-order valence-electron chi connectivity index (χ4n) is 3.11. The predicted octanol–water partition coefficient (Wildman–Crippen LogP) is 0.144. The van der Waals surface area contributed by atoms with Gasteiger partial charge in [-0.3, -0.25) is 4.79 Å². The number of nitrogens with zero attached hydrogens (tertiary/aromatic N) is 3. The van der Waals surface area contributed by atoms with Crippen LogP contribution in [-0.4, -0.2) is 61.4 Å². The first-order valence-electron chi connectivity index (χ1n) is 8.43. The van der Waals surface area contributed by atoms with Gasteiger partial charge in [-0.05, 0) is 25.8 Å². The molecule has 0 spiro atoms. The van der Waals surface area contributed by atoms with Crippen LogP contribution in [0.2, 0.25) is 0 Å². The van der Waals surface area contributed by atoms with Crippen molar-refractivity contribution in [1.82, 2.24) is 15.1 Å². The van der Waals surface area contributed by atoms with Crippen molar-refractivity contribution in [2.24, 2.45) is 7.05 Å². The van der Waals surface area contributed by atoms with E-state index in [9.17, 15) is 4.79 Å². The minimum atomic E-state index is -0.0771. The maximum Gasteiger partial charge on any atom is 0.268 e. The molecule has 3 rings (SSSR count). The van der Waals surface area contributed by atoms with Crippen molar-refractivity contribution in [3.05, 3.63) is 22.6 Å². The zero-order chi connectivity index (χ0) is 16.1. The topological polar surface area (TPSA) is 68.6 Å². The maximum atomic E-state index is 11.7. The quantitative estimate of drug-likeness (QED) is 0.832. The molecule has 1 atom stereocenters. The molecule has 0 amide bonds.